The van der Waals surface area contributed by atoms with E-state index in [1.807, 2.05) is 0 Å². The number of ether oxygens (including phenoxy) is 1. The molecule has 2 unspecified atom stereocenters. The van der Waals surface area contributed by atoms with Crippen molar-refractivity contribution in [2.45, 2.75) is 437 Å². The SMILES string of the molecule is CCCCC/C=C\CCCCCCCC(=O)OCCCCCCCCCCC/C=C\C/C=C\CCCCCCCCCCCCCCCCCC(=O)NC(CO)C(O)CCCCCCCCCCCCCCCCCCCCCCCCCC. The number of carbonyl (C=O) groups is 2. The van der Waals surface area contributed by atoms with Crippen LogP contribution >= 0.6 is 0 Å². The van der Waals surface area contributed by atoms with Crippen LogP contribution in [-0.4, -0.2) is 47.4 Å². The van der Waals surface area contributed by atoms with E-state index >= 15 is 0 Å². The van der Waals surface area contributed by atoms with E-state index in [1.54, 1.807) is 0 Å². The maximum absolute atomic E-state index is 12.6. The van der Waals surface area contributed by atoms with Crippen molar-refractivity contribution >= 4 is 11.9 Å². The highest BCUT2D eigenvalue weighted by Crippen LogP contribution is 2.19. The highest BCUT2D eigenvalue weighted by atomic mass is 16.5. The predicted octanol–water partition coefficient (Wildman–Crippen LogP) is 25.0. The Balaban J connectivity index is 3.40. The number of carbonyl (C=O) groups excluding carboxylic acids is 2. The minimum Gasteiger partial charge on any atom is -0.466 e. The van der Waals surface area contributed by atoms with Crippen LogP contribution in [0.4, 0.5) is 0 Å². The standard InChI is InChI=1S/C78H149NO5/c1-3-5-7-9-11-13-15-17-18-19-20-21-22-32-35-38-41-44-47-50-54-58-62-66-70-76(81)75(74-80)79-77(82)71-67-63-59-55-51-48-45-42-39-36-33-30-28-26-24-23-25-27-29-31-34-37-40-43-46-49-53-57-61-65-69-73-84-78(83)72-68-64-60-56-52-16-14-12-10-8-6-4-2/h12,14,25,27,31,34,75-76,80-81H,3-11,13,15-24,26,28-30,32-33,35-74H2,1-2H3,(H,79,82)/b14-12-,27-25-,34-31-. The minimum atomic E-state index is -0.666. The lowest BCUT2D eigenvalue weighted by atomic mass is 10.0. The third-order valence-electron chi connectivity index (χ3n) is 17.9. The topological polar surface area (TPSA) is 95.9 Å². The van der Waals surface area contributed by atoms with Gasteiger partial charge in [-0.2, -0.15) is 0 Å². The third-order valence-corrected chi connectivity index (χ3v) is 17.9. The van der Waals surface area contributed by atoms with Crippen molar-refractivity contribution < 1.29 is 24.5 Å². The lowest BCUT2D eigenvalue weighted by Gasteiger charge is -2.22. The Labute approximate surface area is 525 Å². The van der Waals surface area contributed by atoms with Gasteiger partial charge in [0.15, 0.2) is 0 Å². The van der Waals surface area contributed by atoms with Gasteiger partial charge in [-0.15, -0.1) is 0 Å². The van der Waals surface area contributed by atoms with Crippen LogP contribution in [0.2, 0.25) is 0 Å². The van der Waals surface area contributed by atoms with Crippen LogP contribution in [0.25, 0.3) is 0 Å². The summed E-state index contributed by atoms with van der Waals surface area (Å²) < 4.78 is 5.47. The molecule has 0 saturated carbocycles. The van der Waals surface area contributed by atoms with E-state index < -0.39 is 12.1 Å². The molecule has 1 amide bonds. The number of allylic oxidation sites excluding steroid dienone is 6. The number of unbranched alkanes of at least 4 members (excludes halogenated alkanes) is 55. The second kappa shape index (κ2) is 73.5. The Morgan fingerprint density at radius 2 is 0.595 bits per heavy atom. The number of amides is 1. The highest BCUT2D eigenvalue weighted by molar-refractivity contribution is 5.76. The molecule has 2 atom stereocenters. The van der Waals surface area contributed by atoms with E-state index in [0.717, 1.165) is 51.4 Å². The van der Waals surface area contributed by atoms with Crippen LogP contribution in [0.5, 0.6) is 0 Å². The molecule has 0 rings (SSSR count). The third kappa shape index (κ3) is 69.2. The number of esters is 1. The smallest absolute Gasteiger partial charge is 0.305 e. The molecule has 3 N–H and O–H groups in total. The molecule has 0 bridgehead atoms. The molecule has 6 nitrogen and oxygen atoms in total. The Kier molecular flexibility index (Phi) is 71.9. The van der Waals surface area contributed by atoms with E-state index in [-0.39, 0.29) is 18.5 Å². The van der Waals surface area contributed by atoms with E-state index in [0.29, 0.717) is 25.9 Å². The lowest BCUT2D eigenvalue weighted by Crippen LogP contribution is -2.45. The maximum Gasteiger partial charge on any atom is 0.305 e. The van der Waals surface area contributed by atoms with Crippen molar-refractivity contribution in [2.75, 3.05) is 13.2 Å². The summed E-state index contributed by atoms with van der Waals surface area (Å²) in [6.07, 6.45) is 95.1. The highest BCUT2D eigenvalue weighted by Gasteiger charge is 2.20. The Morgan fingerprint density at radius 1 is 0.333 bits per heavy atom. The lowest BCUT2D eigenvalue weighted by molar-refractivity contribution is -0.143. The number of aliphatic hydroxyl groups is 2. The molecular weight excluding hydrogens is 1030 g/mol. The van der Waals surface area contributed by atoms with E-state index in [2.05, 4.69) is 55.6 Å². The molecule has 496 valence electrons. The molecule has 0 heterocycles. The fourth-order valence-corrected chi connectivity index (χ4v) is 12.1. The van der Waals surface area contributed by atoms with Crippen LogP contribution in [0.15, 0.2) is 36.5 Å². The second-order valence-electron chi connectivity index (χ2n) is 26.3. The number of aliphatic hydroxyl groups excluding tert-OH is 2. The van der Waals surface area contributed by atoms with Gasteiger partial charge >= 0.3 is 5.97 Å². The summed E-state index contributed by atoms with van der Waals surface area (Å²) in [5.74, 6) is -0.0257. The fourth-order valence-electron chi connectivity index (χ4n) is 12.1. The van der Waals surface area contributed by atoms with E-state index in [4.69, 9.17) is 4.74 Å². The molecule has 0 fully saturated rings. The first-order chi connectivity index (χ1) is 41.5. The summed E-state index contributed by atoms with van der Waals surface area (Å²) in [6.45, 7) is 4.96. The number of hydrogen-bond donors (Lipinski definition) is 3. The van der Waals surface area contributed by atoms with Gasteiger partial charge in [0, 0.05) is 12.8 Å². The Hall–Kier alpha value is -1.92. The minimum absolute atomic E-state index is 0.00362. The Bertz CT molecular complexity index is 1360. The van der Waals surface area contributed by atoms with Crippen molar-refractivity contribution in [3.8, 4) is 0 Å². The van der Waals surface area contributed by atoms with Gasteiger partial charge in [0.25, 0.3) is 0 Å². The summed E-state index contributed by atoms with van der Waals surface area (Å²) >= 11 is 0. The number of nitrogens with one attached hydrogen (secondary N) is 1. The van der Waals surface area contributed by atoms with Gasteiger partial charge in [0.1, 0.15) is 0 Å². The van der Waals surface area contributed by atoms with Crippen LogP contribution in [0, 0.1) is 0 Å². The Morgan fingerprint density at radius 3 is 0.940 bits per heavy atom. The van der Waals surface area contributed by atoms with Crippen LogP contribution in [-0.2, 0) is 14.3 Å². The molecule has 0 aliphatic carbocycles. The van der Waals surface area contributed by atoms with Crippen LogP contribution in [0.3, 0.4) is 0 Å². The van der Waals surface area contributed by atoms with Gasteiger partial charge in [0.2, 0.25) is 5.91 Å². The number of hydrogen-bond acceptors (Lipinski definition) is 5. The van der Waals surface area contributed by atoms with Crippen LogP contribution in [0.1, 0.15) is 425 Å². The largest absolute Gasteiger partial charge is 0.466 e. The molecule has 84 heavy (non-hydrogen) atoms. The fraction of sp³-hybridized carbons (Fsp3) is 0.897. The molecule has 0 spiro atoms. The zero-order valence-corrected chi connectivity index (χ0v) is 56.9. The van der Waals surface area contributed by atoms with Crippen molar-refractivity contribution in [1.29, 1.82) is 0 Å². The zero-order chi connectivity index (χ0) is 60.6. The summed E-state index contributed by atoms with van der Waals surface area (Å²) in [6, 6.07) is -0.543. The molecular formula is C78H149NO5. The van der Waals surface area contributed by atoms with Gasteiger partial charge in [-0.1, -0.05) is 365 Å². The summed E-state index contributed by atoms with van der Waals surface area (Å²) in [5, 5.41) is 23.5. The average molecular weight is 1180 g/mol. The number of rotatable bonds is 72. The molecule has 0 aromatic heterocycles. The predicted molar refractivity (Wildman–Crippen MR) is 370 cm³/mol. The normalized spacial score (nSPS) is 12.7. The van der Waals surface area contributed by atoms with Crippen LogP contribution < -0.4 is 5.32 Å². The summed E-state index contributed by atoms with van der Waals surface area (Å²) in [4.78, 5) is 24.6. The van der Waals surface area contributed by atoms with Crippen molar-refractivity contribution in [2.24, 2.45) is 0 Å². The van der Waals surface area contributed by atoms with E-state index in [1.165, 1.54) is 340 Å². The van der Waals surface area contributed by atoms with Gasteiger partial charge in [-0.05, 0) is 83.5 Å². The molecule has 6 heteroatoms. The van der Waals surface area contributed by atoms with Crippen molar-refractivity contribution in [1.82, 2.24) is 5.32 Å². The van der Waals surface area contributed by atoms with Crippen molar-refractivity contribution in [3.63, 3.8) is 0 Å². The van der Waals surface area contributed by atoms with Gasteiger partial charge in [-0.25, -0.2) is 0 Å². The van der Waals surface area contributed by atoms with Gasteiger partial charge < -0.3 is 20.3 Å². The molecule has 0 aliphatic rings. The average Bonchev–Trinajstić information content (AvgIpc) is 3.50. The maximum atomic E-state index is 12.6. The molecule has 0 aromatic rings. The molecule has 0 aliphatic heterocycles. The second-order valence-corrected chi connectivity index (χ2v) is 26.3. The summed E-state index contributed by atoms with van der Waals surface area (Å²) in [7, 11) is 0. The summed E-state index contributed by atoms with van der Waals surface area (Å²) in [5.41, 5.74) is 0. The first kappa shape index (κ1) is 82.1. The first-order valence-corrected chi connectivity index (χ1v) is 38.2. The quantitative estimate of drug-likeness (QED) is 0.0320. The first-order valence-electron chi connectivity index (χ1n) is 38.2. The van der Waals surface area contributed by atoms with E-state index in [9.17, 15) is 19.8 Å². The van der Waals surface area contributed by atoms with Gasteiger partial charge in [-0.3, -0.25) is 9.59 Å². The molecule has 0 saturated heterocycles. The van der Waals surface area contributed by atoms with Gasteiger partial charge in [0.05, 0.1) is 25.4 Å². The van der Waals surface area contributed by atoms with Crippen molar-refractivity contribution in [3.05, 3.63) is 36.5 Å². The molecule has 0 radical (unpaired) electrons. The zero-order valence-electron chi connectivity index (χ0n) is 56.9. The monoisotopic (exact) mass is 1180 g/mol. The molecule has 0 aromatic carbocycles.